The molecule has 27 heavy (non-hydrogen) atoms. The Morgan fingerprint density at radius 1 is 1.04 bits per heavy atom. The molecule has 3 aromatic heterocycles. The smallest absolute Gasteiger partial charge is 0.165 e. The zero-order chi connectivity index (χ0) is 19.3. The van der Waals surface area contributed by atoms with Crippen molar-refractivity contribution in [2.75, 3.05) is 0 Å². The van der Waals surface area contributed by atoms with Gasteiger partial charge in [-0.1, -0.05) is 43.1 Å². The number of benzene rings is 1. The Balaban J connectivity index is 2.09. The molecule has 0 atom stereocenters. The zero-order valence-electron chi connectivity index (χ0n) is 15.9. The second-order valence-corrected chi connectivity index (χ2v) is 7.79. The molecule has 0 radical (unpaired) electrons. The van der Waals surface area contributed by atoms with Crippen LogP contribution in [-0.2, 0) is 0 Å². The topological polar surface area (TPSA) is 35.1 Å². The van der Waals surface area contributed by atoms with Crippen LogP contribution in [-0.4, -0.2) is 19.2 Å². The molecule has 0 spiro atoms. The molecule has 0 aliphatic rings. The summed E-state index contributed by atoms with van der Waals surface area (Å²) in [6.45, 7) is 8.49. The molecule has 6 heteroatoms. The Morgan fingerprint density at radius 3 is 2.44 bits per heavy atom. The Morgan fingerprint density at radius 2 is 1.78 bits per heavy atom. The molecule has 4 rings (SSSR count). The van der Waals surface area contributed by atoms with Crippen molar-refractivity contribution in [3.63, 3.8) is 0 Å². The third kappa shape index (κ3) is 2.82. The van der Waals surface area contributed by atoms with E-state index >= 15 is 0 Å². The maximum atomic E-state index is 6.50. The minimum atomic E-state index is 0.430. The van der Waals surface area contributed by atoms with E-state index < -0.39 is 0 Å². The molecule has 140 valence electrons. The average Bonchev–Trinajstić information content (AvgIpc) is 3.19. The number of aryl methyl sites for hydroxylation is 2. The van der Waals surface area contributed by atoms with Gasteiger partial charge in [0.2, 0.25) is 0 Å². The van der Waals surface area contributed by atoms with Crippen LogP contribution in [0.4, 0.5) is 0 Å². The van der Waals surface area contributed by atoms with Crippen LogP contribution in [0.3, 0.4) is 0 Å². The van der Waals surface area contributed by atoms with E-state index in [9.17, 15) is 0 Å². The maximum absolute atomic E-state index is 6.50. The molecule has 0 aliphatic heterocycles. The largest absolute Gasteiger partial charge is 0.329 e. The maximum Gasteiger partial charge on any atom is 0.165 e. The fourth-order valence-electron chi connectivity index (χ4n) is 3.91. The van der Waals surface area contributed by atoms with E-state index in [0.29, 0.717) is 16.1 Å². The highest BCUT2D eigenvalue weighted by Crippen LogP contribution is 2.36. The van der Waals surface area contributed by atoms with Gasteiger partial charge in [0.15, 0.2) is 5.65 Å². The van der Waals surface area contributed by atoms with Gasteiger partial charge >= 0.3 is 0 Å². The van der Waals surface area contributed by atoms with E-state index in [2.05, 4.69) is 37.6 Å². The summed E-state index contributed by atoms with van der Waals surface area (Å²) in [6, 6.07) is 8.13. The van der Waals surface area contributed by atoms with Crippen molar-refractivity contribution in [1.29, 1.82) is 0 Å². The molecule has 0 aliphatic carbocycles. The first kappa shape index (κ1) is 18.3. The average molecular weight is 401 g/mol. The minimum absolute atomic E-state index is 0.430. The van der Waals surface area contributed by atoms with Crippen molar-refractivity contribution < 1.29 is 0 Å². The van der Waals surface area contributed by atoms with Crippen LogP contribution < -0.4 is 0 Å². The first-order chi connectivity index (χ1) is 13.0. The summed E-state index contributed by atoms with van der Waals surface area (Å²) in [5, 5.41) is 7.20. The minimum Gasteiger partial charge on any atom is -0.329 e. The number of halogens is 2. The molecule has 3 heterocycles. The van der Waals surface area contributed by atoms with Crippen LogP contribution >= 0.6 is 23.2 Å². The molecule has 1 aromatic carbocycles. The molecular formula is C21H22Cl2N4. The zero-order valence-corrected chi connectivity index (χ0v) is 17.4. The lowest BCUT2D eigenvalue weighted by molar-refractivity contribution is 0.480. The van der Waals surface area contributed by atoms with Gasteiger partial charge in [-0.3, -0.25) is 0 Å². The molecule has 0 amide bonds. The van der Waals surface area contributed by atoms with E-state index in [1.165, 1.54) is 0 Å². The number of hydrogen-bond acceptors (Lipinski definition) is 2. The third-order valence-corrected chi connectivity index (χ3v) is 5.87. The highest BCUT2D eigenvalue weighted by molar-refractivity contribution is 6.36. The van der Waals surface area contributed by atoms with E-state index in [1.807, 2.05) is 23.6 Å². The van der Waals surface area contributed by atoms with E-state index in [-0.39, 0.29) is 0 Å². The Kier molecular flexibility index (Phi) is 4.65. The number of nitrogens with zero attached hydrogens (tertiary/aromatic N) is 4. The second-order valence-electron chi connectivity index (χ2n) is 6.95. The number of rotatable bonds is 4. The van der Waals surface area contributed by atoms with E-state index in [1.54, 1.807) is 6.07 Å². The Labute approximate surface area is 168 Å². The van der Waals surface area contributed by atoms with Gasteiger partial charge in [-0.25, -0.2) is 4.98 Å². The fraction of sp³-hybridized carbons (Fsp3) is 0.333. The quantitative estimate of drug-likeness (QED) is 0.384. The molecule has 0 fully saturated rings. The summed E-state index contributed by atoms with van der Waals surface area (Å²) in [5.74, 6) is 0. The summed E-state index contributed by atoms with van der Waals surface area (Å²) in [5.41, 5.74) is 5.67. The number of fused-ring (bicyclic) bond motifs is 3. The van der Waals surface area contributed by atoms with Crippen LogP contribution in [0.25, 0.3) is 27.8 Å². The van der Waals surface area contributed by atoms with Crippen LogP contribution in [0, 0.1) is 13.8 Å². The summed E-state index contributed by atoms with van der Waals surface area (Å²) in [6.07, 6.45) is 4.29. The van der Waals surface area contributed by atoms with Crippen molar-refractivity contribution >= 4 is 39.9 Å². The van der Waals surface area contributed by atoms with Gasteiger partial charge in [-0.05, 0) is 44.9 Å². The summed E-state index contributed by atoms with van der Waals surface area (Å²) >= 11 is 12.6. The van der Waals surface area contributed by atoms with Gasteiger partial charge < -0.3 is 4.57 Å². The van der Waals surface area contributed by atoms with Gasteiger partial charge in [0, 0.05) is 28.2 Å². The van der Waals surface area contributed by atoms with Crippen molar-refractivity contribution in [1.82, 2.24) is 19.2 Å². The van der Waals surface area contributed by atoms with Crippen molar-refractivity contribution in [2.45, 2.75) is 46.6 Å². The SMILES string of the molecule is CCC(CC)n1ccc2c(C)nc3c(-c4ccc(Cl)cc4Cl)c(C)nn3c21. The van der Waals surface area contributed by atoms with E-state index in [0.717, 1.165) is 52.0 Å². The molecule has 0 unspecified atom stereocenters. The summed E-state index contributed by atoms with van der Waals surface area (Å²) in [4.78, 5) is 4.88. The third-order valence-electron chi connectivity index (χ3n) is 5.32. The fourth-order valence-corrected chi connectivity index (χ4v) is 4.42. The monoisotopic (exact) mass is 400 g/mol. The molecule has 4 aromatic rings. The predicted molar refractivity (Wildman–Crippen MR) is 113 cm³/mol. The molecule has 0 saturated heterocycles. The lowest BCUT2D eigenvalue weighted by Crippen LogP contribution is -2.09. The number of aromatic nitrogens is 4. The summed E-state index contributed by atoms with van der Waals surface area (Å²) < 4.78 is 4.30. The van der Waals surface area contributed by atoms with Crippen molar-refractivity contribution in [3.8, 4) is 11.1 Å². The first-order valence-corrected chi connectivity index (χ1v) is 10.0. The van der Waals surface area contributed by atoms with Crippen LogP contribution in [0.1, 0.15) is 44.1 Å². The molecule has 4 nitrogen and oxygen atoms in total. The molecular weight excluding hydrogens is 379 g/mol. The van der Waals surface area contributed by atoms with Crippen LogP contribution in [0.5, 0.6) is 0 Å². The highest BCUT2D eigenvalue weighted by Gasteiger charge is 2.21. The highest BCUT2D eigenvalue weighted by atomic mass is 35.5. The first-order valence-electron chi connectivity index (χ1n) is 9.28. The standard InChI is InChI=1S/C21H22Cl2N4/c1-5-15(6-2)26-10-9-16-12(3)24-20-19(13(4)25-27(20)21(16)26)17-8-7-14(22)11-18(17)23/h7-11,15H,5-6H2,1-4H3. The van der Waals surface area contributed by atoms with Crippen molar-refractivity contribution in [2.24, 2.45) is 0 Å². The second kappa shape index (κ2) is 6.84. The van der Waals surface area contributed by atoms with Gasteiger partial charge in [0.25, 0.3) is 0 Å². The Bertz CT molecular complexity index is 1150. The lowest BCUT2D eigenvalue weighted by atomic mass is 10.1. The molecule has 0 N–H and O–H groups in total. The van der Waals surface area contributed by atoms with Gasteiger partial charge in [-0.15, -0.1) is 0 Å². The Hall–Kier alpha value is -2.04. The number of hydrogen-bond donors (Lipinski definition) is 0. The van der Waals surface area contributed by atoms with Crippen molar-refractivity contribution in [3.05, 3.63) is 51.9 Å². The normalized spacial score (nSPS) is 12.0. The van der Waals surface area contributed by atoms with Crippen LogP contribution in [0.2, 0.25) is 10.0 Å². The summed E-state index contributed by atoms with van der Waals surface area (Å²) in [7, 11) is 0. The van der Waals surface area contributed by atoms with Crippen LogP contribution in [0.15, 0.2) is 30.5 Å². The van der Waals surface area contributed by atoms with Gasteiger partial charge in [0.05, 0.1) is 22.0 Å². The van der Waals surface area contributed by atoms with Gasteiger partial charge in [-0.2, -0.15) is 9.61 Å². The molecule has 0 bridgehead atoms. The predicted octanol–water partition coefficient (Wildman–Crippen LogP) is 6.64. The molecule has 0 saturated carbocycles. The lowest BCUT2D eigenvalue weighted by Gasteiger charge is -2.17. The van der Waals surface area contributed by atoms with E-state index in [4.69, 9.17) is 33.3 Å². The van der Waals surface area contributed by atoms with Gasteiger partial charge in [0.1, 0.15) is 5.65 Å².